The molecule has 0 saturated heterocycles. The van der Waals surface area contributed by atoms with Crippen molar-refractivity contribution < 1.29 is 21.6 Å². The summed E-state index contributed by atoms with van der Waals surface area (Å²) in [5.41, 5.74) is -0.904. The Bertz CT molecular complexity index is 960. The summed E-state index contributed by atoms with van der Waals surface area (Å²) in [6.45, 7) is 4.46. The van der Waals surface area contributed by atoms with Crippen LogP contribution in [0.3, 0.4) is 0 Å². The number of hydrogen-bond donors (Lipinski definition) is 4. The molecule has 0 aliphatic heterocycles. The zero-order valence-corrected chi connectivity index (χ0v) is 18.8. The fraction of sp³-hybridized carbons (Fsp3) is 0.333. The van der Waals surface area contributed by atoms with Crippen LogP contribution in [0.5, 0.6) is 0 Å². The Morgan fingerprint density at radius 3 is 2.38 bits per heavy atom. The van der Waals surface area contributed by atoms with Gasteiger partial charge in [-0.3, -0.25) is 4.72 Å². The molecule has 2 rings (SSSR count). The van der Waals surface area contributed by atoms with Gasteiger partial charge in [-0.05, 0) is 66.3 Å². The van der Waals surface area contributed by atoms with Crippen LogP contribution < -0.4 is 20.1 Å². The van der Waals surface area contributed by atoms with Gasteiger partial charge in [-0.2, -0.15) is 13.1 Å². The summed E-state index contributed by atoms with van der Waals surface area (Å²) in [4.78, 5) is 0. The Hall–Kier alpha value is -1.57. The molecule has 0 radical (unpaired) electrons. The van der Waals surface area contributed by atoms with Crippen molar-refractivity contribution in [2.45, 2.75) is 26.3 Å². The molecule has 0 saturated carbocycles. The third kappa shape index (κ3) is 7.01. The summed E-state index contributed by atoms with van der Waals surface area (Å²) in [5.74, 6) is -3.22. The van der Waals surface area contributed by atoms with Gasteiger partial charge in [0.2, 0.25) is 0 Å². The van der Waals surface area contributed by atoms with E-state index in [9.17, 15) is 21.6 Å². The zero-order chi connectivity index (χ0) is 21.6. The van der Waals surface area contributed by atoms with E-state index in [4.69, 9.17) is 0 Å². The average molecular weight is 542 g/mol. The molecule has 0 heterocycles. The number of anilines is 3. The van der Waals surface area contributed by atoms with Gasteiger partial charge in [-0.25, -0.2) is 13.2 Å². The zero-order valence-electron chi connectivity index (χ0n) is 15.8. The highest BCUT2D eigenvalue weighted by Crippen LogP contribution is 2.32. The number of benzene rings is 2. The van der Waals surface area contributed by atoms with Crippen LogP contribution in [-0.4, -0.2) is 27.5 Å². The monoisotopic (exact) mass is 542 g/mol. The van der Waals surface area contributed by atoms with Crippen LogP contribution in [0, 0.1) is 21.0 Å². The van der Waals surface area contributed by atoms with Gasteiger partial charge in [-0.1, -0.05) is 6.92 Å². The number of halogens is 4. The van der Waals surface area contributed by atoms with Crippen molar-refractivity contribution in [3.8, 4) is 0 Å². The Balaban J connectivity index is 2.19. The molecule has 11 heteroatoms. The maximum absolute atomic E-state index is 14.3. The van der Waals surface area contributed by atoms with Crippen molar-refractivity contribution in [2.75, 3.05) is 23.1 Å². The molecule has 2 aromatic carbocycles. The van der Waals surface area contributed by atoms with Crippen LogP contribution in [-0.2, 0) is 10.2 Å². The largest absolute Gasteiger partial charge is 0.349 e. The molecule has 1 unspecified atom stereocenters. The first-order chi connectivity index (χ1) is 13.6. The summed E-state index contributed by atoms with van der Waals surface area (Å²) in [5, 5.41) is 5.55. The highest BCUT2D eigenvalue weighted by molar-refractivity contribution is 14.1. The molecule has 0 aliphatic carbocycles. The third-order valence-corrected chi connectivity index (χ3v) is 5.80. The lowest BCUT2D eigenvalue weighted by Crippen LogP contribution is -2.38. The summed E-state index contributed by atoms with van der Waals surface area (Å²) in [6, 6.07) is 6.20. The molecule has 4 N–H and O–H groups in total. The standard InChI is InChI=1S/C18H22F3IN4O2S/c1-3-11(2)23-8-9-24-29(27,28)26-16-7-5-13(19)17(21)18(16)25-15-6-4-12(22)10-14(15)20/h4-7,10-11,23-26H,3,8-9H2,1-2H3. The minimum absolute atomic E-state index is 0.0951. The Morgan fingerprint density at radius 2 is 1.72 bits per heavy atom. The minimum Gasteiger partial charge on any atom is -0.349 e. The van der Waals surface area contributed by atoms with Gasteiger partial charge in [0.25, 0.3) is 10.2 Å². The summed E-state index contributed by atoms with van der Waals surface area (Å²) in [6.07, 6.45) is 0.893. The molecule has 0 spiro atoms. The van der Waals surface area contributed by atoms with E-state index < -0.39 is 33.3 Å². The summed E-state index contributed by atoms with van der Waals surface area (Å²) >= 11 is 1.90. The molecule has 0 fully saturated rings. The quantitative estimate of drug-likeness (QED) is 0.270. The lowest BCUT2D eigenvalue weighted by Gasteiger charge is -2.17. The Labute approximate surface area is 182 Å². The van der Waals surface area contributed by atoms with Crippen molar-refractivity contribution in [1.82, 2.24) is 10.0 Å². The SMILES string of the molecule is CCC(C)NCCNS(=O)(=O)Nc1ccc(F)c(F)c1Nc1ccc(I)cc1F. The fourth-order valence-corrected chi connectivity index (χ4v) is 3.67. The molecular formula is C18H22F3IN4O2S. The summed E-state index contributed by atoms with van der Waals surface area (Å²) in [7, 11) is -4.06. The predicted octanol–water partition coefficient (Wildman–Crippen LogP) is 4.09. The molecule has 2 aromatic rings. The maximum atomic E-state index is 14.3. The number of hydrogen-bond acceptors (Lipinski definition) is 4. The molecule has 29 heavy (non-hydrogen) atoms. The normalized spacial score (nSPS) is 12.6. The maximum Gasteiger partial charge on any atom is 0.299 e. The lowest BCUT2D eigenvalue weighted by molar-refractivity contribution is 0.512. The highest BCUT2D eigenvalue weighted by atomic mass is 127. The first-order valence-electron chi connectivity index (χ1n) is 8.83. The fourth-order valence-electron chi connectivity index (χ4n) is 2.31. The number of rotatable bonds is 10. The van der Waals surface area contributed by atoms with E-state index in [-0.39, 0.29) is 24.0 Å². The van der Waals surface area contributed by atoms with Crippen LogP contribution in [0.15, 0.2) is 30.3 Å². The van der Waals surface area contributed by atoms with Gasteiger partial charge in [0.05, 0.1) is 11.4 Å². The molecule has 0 aromatic heterocycles. The van der Waals surface area contributed by atoms with Crippen LogP contribution in [0.2, 0.25) is 0 Å². The van der Waals surface area contributed by atoms with Gasteiger partial charge < -0.3 is 10.6 Å². The van der Waals surface area contributed by atoms with Crippen LogP contribution in [0.1, 0.15) is 20.3 Å². The van der Waals surface area contributed by atoms with E-state index >= 15 is 0 Å². The van der Waals surface area contributed by atoms with Gasteiger partial charge in [0.1, 0.15) is 11.5 Å². The smallest absolute Gasteiger partial charge is 0.299 e. The van der Waals surface area contributed by atoms with Crippen LogP contribution in [0.4, 0.5) is 30.2 Å². The topological polar surface area (TPSA) is 82.3 Å². The third-order valence-electron chi connectivity index (χ3n) is 4.05. The molecule has 0 amide bonds. The molecule has 6 nitrogen and oxygen atoms in total. The Morgan fingerprint density at radius 1 is 1.03 bits per heavy atom. The molecule has 160 valence electrons. The van der Waals surface area contributed by atoms with Gasteiger partial charge in [0.15, 0.2) is 11.6 Å². The van der Waals surface area contributed by atoms with Gasteiger partial charge >= 0.3 is 0 Å². The first kappa shape index (κ1) is 23.7. The summed E-state index contributed by atoms with van der Waals surface area (Å²) < 4.78 is 71.7. The average Bonchev–Trinajstić information content (AvgIpc) is 2.66. The van der Waals surface area contributed by atoms with Crippen LogP contribution >= 0.6 is 22.6 Å². The van der Waals surface area contributed by atoms with Crippen molar-refractivity contribution in [3.63, 3.8) is 0 Å². The second-order valence-electron chi connectivity index (χ2n) is 6.30. The second kappa shape index (κ2) is 10.5. The predicted molar refractivity (Wildman–Crippen MR) is 117 cm³/mol. The highest BCUT2D eigenvalue weighted by Gasteiger charge is 2.19. The van der Waals surface area contributed by atoms with Crippen molar-refractivity contribution in [1.29, 1.82) is 0 Å². The van der Waals surface area contributed by atoms with E-state index in [1.807, 2.05) is 36.4 Å². The van der Waals surface area contributed by atoms with Crippen LogP contribution in [0.25, 0.3) is 0 Å². The van der Waals surface area contributed by atoms with E-state index in [1.165, 1.54) is 12.1 Å². The molecule has 0 bridgehead atoms. The van der Waals surface area contributed by atoms with E-state index in [0.29, 0.717) is 10.1 Å². The minimum atomic E-state index is -4.06. The van der Waals surface area contributed by atoms with Gasteiger partial charge in [0, 0.05) is 22.7 Å². The lowest BCUT2D eigenvalue weighted by atomic mass is 10.2. The first-order valence-corrected chi connectivity index (χ1v) is 11.4. The number of nitrogens with one attached hydrogen (secondary N) is 4. The van der Waals surface area contributed by atoms with E-state index in [1.54, 1.807) is 6.07 Å². The molecule has 1 atom stereocenters. The second-order valence-corrected chi connectivity index (χ2v) is 9.04. The van der Waals surface area contributed by atoms with Crippen molar-refractivity contribution in [2.24, 2.45) is 0 Å². The van der Waals surface area contributed by atoms with Crippen molar-refractivity contribution in [3.05, 3.63) is 51.4 Å². The van der Waals surface area contributed by atoms with E-state index in [0.717, 1.165) is 18.6 Å². The van der Waals surface area contributed by atoms with Gasteiger partial charge in [-0.15, -0.1) is 0 Å². The molecule has 0 aliphatic rings. The van der Waals surface area contributed by atoms with E-state index in [2.05, 4.69) is 20.1 Å². The van der Waals surface area contributed by atoms with Crippen molar-refractivity contribution >= 4 is 49.9 Å². The Kier molecular flexibility index (Phi) is 8.55. The molecular weight excluding hydrogens is 520 g/mol.